The van der Waals surface area contributed by atoms with Crippen LogP contribution in [0.4, 0.5) is 12.9 Å². The Bertz CT molecular complexity index is 295. The van der Waals surface area contributed by atoms with E-state index in [9.17, 15) is 12.9 Å². The minimum Gasteiger partial charge on any atom is -0.448 e. The van der Waals surface area contributed by atoms with Crippen LogP contribution < -0.4 is 51.4 Å². The molecule has 7 heteroatoms. The molecule has 0 aliphatic rings. The van der Waals surface area contributed by atoms with Crippen LogP contribution in [0.25, 0.3) is 0 Å². The van der Waals surface area contributed by atoms with E-state index in [2.05, 4.69) is 4.98 Å². The zero-order valence-corrected chi connectivity index (χ0v) is 12.7. The summed E-state index contributed by atoms with van der Waals surface area (Å²) in [6.07, 6.45) is 0.759. The summed E-state index contributed by atoms with van der Waals surface area (Å²) in [7, 11) is 0. The van der Waals surface area contributed by atoms with Crippen molar-refractivity contribution in [2.45, 2.75) is 13.5 Å². The van der Waals surface area contributed by atoms with Crippen molar-refractivity contribution >= 4 is 6.98 Å². The molecule has 2 nitrogen and oxygen atoms in total. The van der Waals surface area contributed by atoms with Crippen LogP contribution in [0.15, 0.2) is 24.4 Å². The van der Waals surface area contributed by atoms with Crippen LogP contribution in [0.1, 0.15) is 12.6 Å². The van der Waals surface area contributed by atoms with Crippen LogP contribution in [0.5, 0.6) is 0 Å². The van der Waals surface area contributed by atoms with Crippen molar-refractivity contribution in [3.05, 3.63) is 30.1 Å². The molecule has 0 N–H and O–H groups in total. The van der Waals surface area contributed by atoms with Gasteiger partial charge in [-0.2, -0.15) is 0 Å². The molecule has 0 fully saturated rings. The Balaban J connectivity index is 0.00000225. The predicted octanol–water partition coefficient (Wildman–Crippen LogP) is -0.706. The van der Waals surface area contributed by atoms with Crippen molar-refractivity contribution in [3.63, 3.8) is 0 Å². The number of aromatic nitrogens is 1. The molecule has 84 valence electrons. The van der Waals surface area contributed by atoms with Gasteiger partial charge in [0.15, 0.2) is 0 Å². The normalized spacial score (nSPS) is 11.3. The first-order valence-electron chi connectivity index (χ1n) is 4.84. The minimum absolute atomic E-state index is 0. The van der Waals surface area contributed by atoms with Gasteiger partial charge in [0.25, 0.3) is 0 Å². The molecule has 1 aromatic rings. The molecule has 0 aromatic carbocycles. The van der Waals surface area contributed by atoms with Gasteiger partial charge in [-0.05, 0) is 25.1 Å². The van der Waals surface area contributed by atoms with Gasteiger partial charge in [0.2, 0.25) is 0 Å². The van der Waals surface area contributed by atoms with Crippen molar-refractivity contribution in [3.8, 4) is 0 Å². The maximum Gasteiger partial charge on any atom is 1.00 e. The molecule has 0 saturated heterocycles. The van der Waals surface area contributed by atoms with E-state index in [1.54, 1.807) is 31.3 Å². The smallest absolute Gasteiger partial charge is 0.448 e. The molecule has 0 radical (unpaired) electrons. The Labute approximate surface area is 136 Å². The Morgan fingerprint density at radius 1 is 1.31 bits per heavy atom. The molecular weight excluding hydrogens is 243 g/mol. The number of pyridine rings is 1. The molecule has 0 saturated carbocycles. The van der Waals surface area contributed by atoms with E-state index in [0.717, 1.165) is 0 Å². The number of halogens is 3. The van der Waals surface area contributed by atoms with Gasteiger partial charge in [-0.15, -0.1) is 0 Å². The molecule has 0 unspecified atom stereocenters. The van der Waals surface area contributed by atoms with E-state index < -0.39 is 13.4 Å². The van der Waals surface area contributed by atoms with Gasteiger partial charge in [-0.3, -0.25) is 4.98 Å². The van der Waals surface area contributed by atoms with Crippen LogP contribution in [0.3, 0.4) is 0 Å². The number of rotatable bonds is 5. The van der Waals surface area contributed by atoms with Crippen molar-refractivity contribution < 1.29 is 64.3 Å². The van der Waals surface area contributed by atoms with Gasteiger partial charge < -0.3 is 17.8 Å². The van der Waals surface area contributed by atoms with E-state index in [4.69, 9.17) is 0 Å². The first-order valence-corrected chi connectivity index (χ1v) is 4.84. The van der Waals surface area contributed by atoms with E-state index in [1.165, 1.54) is 4.90 Å². The molecule has 0 bridgehead atoms. The van der Waals surface area contributed by atoms with Crippen molar-refractivity contribution in [1.29, 1.82) is 0 Å². The minimum atomic E-state index is -4.76. The molecular formula is C9H13BF3KN2. The molecule has 0 aliphatic carbocycles. The number of hydrogen-bond acceptors (Lipinski definition) is 2. The third-order valence-electron chi connectivity index (χ3n) is 2.02. The van der Waals surface area contributed by atoms with Crippen LogP contribution in [-0.2, 0) is 6.54 Å². The largest absolute Gasteiger partial charge is 1.00 e. The summed E-state index contributed by atoms with van der Waals surface area (Å²) in [6, 6.07) is 5.24. The predicted molar refractivity (Wildman–Crippen MR) is 54.3 cm³/mol. The average molecular weight is 256 g/mol. The Morgan fingerprint density at radius 3 is 2.44 bits per heavy atom. The van der Waals surface area contributed by atoms with Crippen molar-refractivity contribution in [2.75, 3.05) is 13.0 Å². The summed E-state index contributed by atoms with van der Waals surface area (Å²) in [5.41, 5.74) is 0.666. The maximum absolute atomic E-state index is 12.2. The summed E-state index contributed by atoms with van der Waals surface area (Å²) in [5.74, 6) is 0. The van der Waals surface area contributed by atoms with Crippen molar-refractivity contribution in [1.82, 2.24) is 9.88 Å². The van der Waals surface area contributed by atoms with Gasteiger partial charge in [0.1, 0.15) is 0 Å². The Kier molecular flexibility index (Phi) is 8.13. The average Bonchev–Trinajstić information content (AvgIpc) is 2.16. The van der Waals surface area contributed by atoms with Gasteiger partial charge in [0.05, 0.1) is 5.69 Å². The molecule has 1 aromatic heterocycles. The summed E-state index contributed by atoms with van der Waals surface area (Å²) in [6.45, 7) is -2.42. The Morgan fingerprint density at radius 2 is 2.00 bits per heavy atom. The SMILES string of the molecule is CCN(Cc1ccccn1)C[B-](F)(F)F.[K+]. The van der Waals surface area contributed by atoms with Gasteiger partial charge in [-0.25, -0.2) is 0 Å². The summed E-state index contributed by atoms with van der Waals surface area (Å²) >= 11 is 0. The van der Waals surface area contributed by atoms with Crippen molar-refractivity contribution in [2.24, 2.45) is 0 Å². The second-order valence-corrected chi connectivity index (χ2v) is 3.36. The monoisotopic (exact) mass is 256 g/mol. The fraction of sp³-hybridized carbons (Fsp3) is 0.444. The number of hydrogen-bond donors (Lipinski definition) is 0. The topological polar surface area (TPSA) is 16.1 Å². The van der Waals surface area contributed by atoms with E-state index >= 15 is 0 Å². The quantitative estimate of drug-likeness (QED) is 0.647. The van der Waals surface area contributed by atoms with Crippen LogP contribution in [0, 0.1) is 0 Å². The number of nitrogens with zero attached hydrogens (tertiary/aromatic N) is 2. The van der Waals surface area contributed by atoms with Gasteiger partial charge >= 0.3 is 58.4 Å². The van der Waals surface area contributed by atoms with Crippen LogP contribution in [-0.4, -0.2) is 29.9 Å². The fourth-order valence-corrected chi connectivity index (χ4v) is 1.32. The van der Waals surface area contributed by atoms with Gasteiger partial charge in [-0.1, -0.05) is 13.0 Å². The van der Waals surface area contributed by atoms with Crippen LogP contribution >= 0.6 is 0 Å². The molecule has 0 spiro atoms. The molecule has 0 aliphatic heterocycles. The summed E-state index contributed by atoms with van der Waals surface area (Å²) in [4.78, 5) is 5.33. The molecule has 0 atom stereocenters. The summed E-state index contributed by atoms with van der Waals surface area (Å²) in [5, 5.41) is 0. The van der Waals surface area contributed by atoms with E-state index in [0.29, 0.717) is 12.2 Å². The fourth-order valence-electron chi connectivity index (χ4n) is 1.32. The van der Waals surface area contributed by atoms with E-state index in [-0.39, 0.29) is 57.9 Å². The first-order chi connectivity index (χ1) is 7.01. The third-order valence-corrected chi connectivity index (χ3v) is 2.02. The zero-order valence-electron chi connectivity index (χ0n) is 9.54. The van der Waals surface area contributed by atoms with Gasteiger partial charge in [0, 0.05) is 12.7 Å². The zero-order chi connectivity index (χ0) is 11.3. The Hall–Kier alpha value is 0.601. The molecule has 1 rings (SSSR count). The maximum atomic E-state index is 12.2. The third kappa shape index (κ3) is 7.03. The second kappa shape index (κ2) is 7.84. The molecule has 1 heterocycles. The van der Waals surface area contributed by atoms with E-state index in [1.807, 2.05) is 0 Å². The first kappa shape index (κ1) is 16.6. The molecule has 16 heavy (non-hydrogen) atoms. The molecule has 0 amide bonds. The van der Waals surface area contributed by atoms with Crippen LogP contribution in [0.2, 0.25) is 0 Å². The second-order valence-electron chi connectivity index (χ2n) is 3.36. The standard InChI is InChI=1S/C9H13BF3N2.K/c1-2-15(8-10(11,12)13)7-9-5-3-4-6-14-9;/h3-6H,2,7-8H2,1H3;/q-1;+1. The summed E-state index contributed by atoms with van der Waals surface area (Å²) < 4.78 is 36.6.